The number of carbonyl (C=O) groups excluding carboxylic acids is 1. The van der Waals surface area contributed by atoms with Gasteiger partial charge in [0, 0.05) is 24.0 Å². The van der Waals surface area contributed by atoms with E-state index in [-0.39, 0.29) is 23.4 Å². The molecule has 1 aliphatic heterocycles. The zero-order chi connectivity index (χ0) is 33.0. The number of urea groups is 1. The summed E-state index contributed by atoms with van der Waals surface area (Å²) >= 11 is 0. The average Bonchev–Trinajstić information content (AvgIpc) is 3.56. The highest BCUT2D eigenvalue weighted by Gasteiger charge is 2.44. The Kier molecular flexibility index (Phi) is 10.2. The minimum Gasteiger partial charge on any atom is -0.387 e. The molecule has 2 amide bonds. The highest BCUT2D eigenvalue weighted by Crippen LogP contribution is 2.33. The van der Waals surface area contributed by atoms with Crippen LogP contribution in [0.3, 0.4) is 0 Å². The van der Waals surface area contributed by atoms with E-state index in [4.69, 9.17) is 4.74 Å². The number of carbonyl (C=O) groups is 1. The summed E-state index contributed by atoms with van der Waals surface area (Å²) in [5.41, 5.74) is 3.85. The molecule has 12 nitrogen and oxygen atoms in total. The predicted molar refractivity (Wildman–Crippen MR) is 179 cm³/mol. The van der Waals surface area contributed by atoms with E-state index >= 15 is 0 Å². The maximum absolute atomic E-state index is 12.8. The molecular formula is C34H46N8O4. The van der Waals surface area contributed by atoms with Gasteiger partial charge in [-0.1, -0.05) is 65.0 Å². The quantitative estimate of drug-likeness (QED) is 0.160. The molecule has 1 saturated heterocycles. The number of fused-ring (bicyclic) bond motifs is 1. The Morgan fingerprint density at radius 1 is 1.00 bits per heavy atom. The van der Waals surface area contributed by atoms with Crippen LogP contribution in [0.15, 0.2) is 67.3 Å². The fraction of sp³-hybridized carbons (Fsp3) is 0.471. The third-order valence-electron chi connectivity index (χ3n) is 8.45. The number of imidazole rings is 1. The summed E-state index contributed by atoms with van der Waals surface area (Å²) in [5.74, 6) is 0.736. The molecule has 0 unspecified atom stereocenters. The minimum atomic E-state index is -1.18. The Morgan fingerprint density at radius 3 is 2.39 bits per heavy atom. The first kappa shape index (κ1) is 33.3. The first-order chi connectivity index (χ1) is 21.9. The van der Waals surface area contributed by atoms with Gasteiger partial charge in [-0.15, -0.1) is 0 Å². The van der Waals surface area contributed by atoms with Crippen LogP contribution in [0.25, 0.3) is 11.2 Å². The molecule has 5 atom stereocenters. The van der Waals surface area contributed by atoms with Crippen molar-refractivity contribution in [2.24, 2.45) is 5.92 Å². The van der Waals surface area contributed by atoms with Crippen molar-refractivity contribution < 1.29 is 19.7 Å². The number of nitrogens with zero attached hydrogens (tertiary/aromatic N) is 5. The molecule has 2 aromatic carbocycles. The van der Waals surface area contributed by atoms with Crippen LogP contribution in [0.2, 0.25) is 0 Å². The van der Waals surface area contributed by atoms with Crippen molar-refractivity contribution in [3.8, 4) is 0 Å². The van der Waals surface area contributed by atoms with Crippen LogP contribution in [0.5, 0.6) is 0 Å². The van der Waals surface area contributed by atoms with Crippen LogP contribution >= 0.6 is 0 Å². The summed E-state index contributed by atoms with van der Waals surface area (Å²) < 4.78 is 7.84. The second-order valence-corrected chi connectivity index (χ2v) is 13.4. The van der Waals surface area contributed by atoms with Gasteiger partial charge in [0.05, 0.1) is 6.33 Å². The summed E-state index contributed by atoms with van der Waals surface area (Å²) in [6.07, 6.45) is -0.132. The van der Waals surface area contributed by atoms with Gasteiger partial charge in [0.25, 0.3) is 0 Å². The molecule has 1 aliphatic rings. The van der Waals surface area contributed by atoms with Gasteiger partial charge >= 0.3 is 6.03 Å². The number of likely N-dealkylation sites (N-methyl/N-ethyl adjacent to an activating group) is 1. The van der Waals surface area contributed by atoms with Gasteiger partial charge in [0.15, 0.2) is 23.2 Å². The summed E-state index contributed by atoms with van der Waals surface area (Å²) in [6.45, 7) is 11.7. The van der Waals surface area contributed by atoms with Crippen LogP contribution in [-0.2, 0) is 10.2 Å². The second-order valence-electron chi connectivity index (χ2n) is 13.4. The maximum Gasteiger partial charge on any atom is 0.319 e. The topological polar surface area (TPSA) is 150 Å². The Labute approximate surface area is 270 Å². The molecule has 3 heterocycles. The fourth-order valence-electron chi connectivity index (χ4n) is 5.62. The highest BCUT2D eigenvalue weighted by atomic mass is 16.6. The normalized spacial score (nSPS) is 20.7. The number of amides is 2. The Balaban J connectivity index is 1.16. The van der Waals surface area contributed by atoms with Gasteiger partial charge in [-0.2, -0.15) is 0 Å². The number of ether oxygens (including phenoxy) is 1. The molecule has 0 aliphatic carbocycles. The van der Waals surface area contributed by atoms with Crippen molar-refractivity contribution in [2.45, 2.75) is 77.0 Å². The van der Waals surface area contributed by atoms with Crippen LogP contribution in [0.4, 0.5) is 22.0 Å². The number of rotatable bonds is 11. The standard InChI is InChI=1S/C34H46N8O4/c1-21(2)25(40-33(45)39-24-14-12-22(13-15-24)34(3,4)5)16-17-41(6)18-26-28(43)29(44)32(46-26)42-20-37-27-30(35-19-36-31(27)42)38-23-10-8-7-9-11-23/h7-15,19-21,25-26,28-29,32,43-44H,16-18H2,1-6H3,(H,35,36,38)(H2,39,40,45)/t25-,26+,28+,29+,32+/m0/s1. The average molecular weight is 631 g/mol. The molecule has 0 radical (unpaired) electrons. The van der Waals surface area contributed by atoms with Crippen LogP contribution in [0.1, 0.15) is 52.8 Å². The number of aliphatic hydroxyl groups excluding tert-OH is 2. The third kappa shape index (κ3) is 7.81. The molecule has 0 spiro atoms. The van der Waals surface area contributed by atoms with Crippen molar-refractivity contribution in [1.29, 1.82) is 0 Å². The monoisotopic (exact) mass is 630 g/mol. The van der Waals surface area contributed by atoms with Gasteiger partial charge in [-0.05, 0) is 61.2 Å². The largest absolute Gasteiger partial charge is 0.387 e. The molecule has 12 heteroatoms. The summed E-state index contributed by atoms with van der Waals surface area (Å²) in [4.78, 5) is 28.1. The second kappa shape index (κ2) is 14.1. The van der Waals surface area contributed by atoms with E-state index in [9.17, 15) is 15.0 Å². The smallest absolute Gasteiger partial charge is 0.319 e. The summed E-state index contributed by atoms with van der Waals surface area (Å²) in [7, 11) is 1.94. The van der Waals surface area contributed by atoms with Gasteiger partial charge < -0.3 is 35.8 Å². The molecular weight excluding hydrogens is 584 g/mol. The van der Waals surface area contributed by atoms with Crippen molar-refractivity contribution in [3.05, 3.63) is 72.8 Å². The molecule has 5 rings (SSSR count). The van der Waals surface area contributed by atoms with E-state index < -0.39 is 24.5 Å². The van der Waals surface area contributed by atoms with E-state index in [1.165, 1.54) is 11.9 Å². The lowest BCUT2D eigenvalue weighted by molar-refractivity contribution is -0.0423. The lowest BCUT2D eigenvalue weighted by atomic mass is 9.87. The highest BCUT2D eigenvalue weighted by molar-refractivity contribution is 5.89. The van der Waals surface area contributed by atoms with Gasteiger partial charge in [0.2, 0.25) is 0 Å². The van der Waals surface area contributed by atoms with Crippen molar-refractivity contribution >= 4 is 34.4 Å². The first-order valence-electron chi connectivity index (χ1n) is 15.8. The van der Waals surface area contributed by atoms with E-state index in [0.29, 0.717) is 36.5 Å². The van der Waals surface area contributed by atoms with E-state index in [0.717, 1.165) is 11.4 Å². The van der Waals surface area contributed by atoms with Gasteiger partial charge in [-0.25, -0.2) is 19.7 Å². The maximum atomic E-state index is 12.8. The van der Waals surface area contributed by atoms with Gasteiger partial charge in [0.1, 0.15) is 24.6 Å². The van der Waals surface area contributed by atoms with Crippen LogP contribution < -0.4 is 16.0 Å². The molecule has 0 saturated carbocycles. The van der Waals surface area contributed by atoms with E-state index in [1.807, 2.05) is 66.5 Å². The van der Waals surface area contributed by atoms with Crippen LogP contribution in [-0.4, -0.2) is 85.2 Å². The van der Waals surface area contributed by atoms with Crippen molar-refractivity contribution in [2.75, 3.05) is 30.8 Å². The zero-order valence-electron chi connectivity index (χ0n) is 27.4. The zero-order valence-corrected chi connectivity index (χ0v) is 27.4. The molecule has 246 valence electrons. The SMILES string of the molecule is CC(C)[C@H](CCN(C)C[C@H]1O[C@@H](n2cnc3c(Nc4ccccc4)ncnc32)[C@H](O)[C@@H]1O)NC(=O)Nc1ccc(C(C)(C)C)cc1. The number of hydrogen-bond donors (Lipinski definition) is 5. The number of nitrogens with one attached hydrogen (secondary N) is 3. The fourth-order valence-corrected chi connectivity index (χ4v) is 5.62. The van der Waals surface area contributed by atoms with Crippen molar-refractivity contribution in [1.82, 2.24) is 29.7 Å². The number of aromatic nitrogens is 4. The molecule has 46 heavy (non-hydrogen) atoms. The number of hydrogen-bond acceptors (Lipinski definition) is 9. The lowest BCUT2D eigenvalue weighted by Gasteiger charge is -2.27. The van der Waals surface area contributed by atoms with Crippen LogP contribution in [0, 0.1) is 5.92 Å². The van der Waals surface area contributed by atoms with E-state index in [2.05, 4.69) is 65.5 Å². The minimum absolute atomic E-state index is 0.0430. The number of anilines is 3. The predicted octanol–water partition coefficient (Wildman–Crippen LogP) is 4.65. The molecule has 4 aromatic rings. The molecule has 1 fully saturated rings. The van der Waals surface area contributed by atoms with Crippen molar-refractivity contribution in [3.63, 3.8) is 0 Å². The number of para-hydroxylation sites is 1. The molecule has 0 bridgehead atoms. The number of aliphatic hydroxyl groups is 2. The molecule has 5 N–H and O–H groups in total. The van der Waals surface area contributed by atoms with E-state index in [1.54, 1.807) is 10.9 Å². The lowest BCUT2D eigenvalue weighted by Crippen LogP contribution is -2.44. The Morgan fingerprint density at radius 2 is 1.72 bits per heavy atom. The third-order valence-corrected chi connectivity index (χ3v) is 8.45. The van der Waals surface area contributed by atoms with Gasteiger partial charge in [-0.3, -0.25) is 4.57 Å². The Hall–Kier alpha value is -4.10. The summed E-state index contributed by atoms with van der Waals surface area (Å²) in [5, 5.41) is 31.2. The molecule has 2 aromatic heterocycles. The summed E-state index contributed by atoms with van der Waals surface area (Å²) in [6, 6.07) is 17.2. The number of benzene rings is 2. The first-order valence-corrected chi connectivity index (χ1v) is 15.8. The Bertz CT molecular complexity index is 1590.